The number of rotatable bonds is 5. The summed E-state index contributed by atoms with van der Waals surface area (Å²) in [5, 5.41) is 10.7. The number of halogens is 1. The summed E-state index contributed by atoms with van der Waals surface area (Å²) in [7, 11) is 0. The first kappa shape index (κ1) is 15.0. The molecule has 7 nitrogen and oxygen atoms in total. The number of benzene rings is 1. The standard InChI is InChI=1S/C11H11BrN2O5/c12-7-2-1-6(10(16)17)5-8(7)19-4-3-9(15)14-11(13)18/h1-2,5H,3-4H2,(H,16,17)(H3,13,14,15,18). The summed E-state index contributed by atoms with van der Waals surface area (Å²) in [6, 6.07) is 3.35. The zero-order chi connectivity index (χ0) is 14.4. The first-order valence-electron chi connectivity index (χ1n) is 5.15. The Labute approximate surface area is 116 Å². The highest BCUT2D eigenvalue weighted by molar-refractivity contribution is 9.10. The Morgan fingerprint density at radius 1 is 1.37 bits per heavy atom. The molecule has 0 saturated heterocycles. The van der Waals surface area contributed by atoms with Crippen LogP contribution in [0.25, 0.3) is 0 Å². The average Bonchev–Trinajstić information content (AvgIpc) is 2.30. The van der Waals surface area contributed by atoms with Gasteiger partial charge in [0.25, 0.3) is 0 Å². The predicted octanol–water partition coefficient (Wildman–Crippen LogP) is 1.11. The number of hydrogen-bond acceptors (Lipinski definition) is 4. The Morgan fingerprint density at radius 2 is 2.05 bits per heavy atom. The molecule has 19 heavy (non-hydrogen) atoms. The normalized spacial score (nSPS) is 9.74. The van der Waals surface area contributed by atoms with Gasteiger partial charge in [-0.1, -0.05) is 0 Å². The Kier molecular flexibility index (Phi) is 5.31. The molecule has 0 heterocycles. The third-order valence-corrected chi connectivity index (χ3v) is 2.68. The molecule has 0 radical (unpaired) electrons. The number of nitrogens with two attached hydrogens (primary N) is 1. The largest absolute Gasteiger partial charge is 0.492 e. The van der Waals surface area contributed by atoms with E-state index in [0.29, 0.717) is 10.2 Å². The molecule has 0 unspecified atom stereocenters. The van der Waals surface area contributed by atoms with Gasteiger partial charge in [-0.2, -0.15) is 0 Å². The number of carboxylic acid groups (broad SMARTS) is 1. The Bertz CT molecular complexity index is 518. The Balaban J connectivity index is 2.58. The van der Waals surface area contributed by atoms with Crippen LogP contribution in [0.1, 0.15) is 16.8 Å². The molecule has 0 aliphatic rings. The summed E-state index contributed by atoms with van der Waals surface area (Å²) < 4.78 is 5.82. The lowest BCUT2D eigenvalue weighted by Crippen LogP contribution is -2.35. The molecule has 8 heteroatoms. The smallest absolute Gasteiger partial charge is 0.335 e. The Hall–Kier alpha value is -2.09. The second-order valence-corrected chi connectivity index (χ2v) is 4.32. The SMILES string of the molecule is NC(=O)NC(=O)CCOc1cc(C(=O)O)ccc1Br. The first-order valence-corrected chi connectivity index (χ1v) is 5.94. The summed E-state index contributed by atoms with van der Waals surface area (Å²) in [5.41, 5.74) is 4.84. The number of carbonyl (C=O) groups is 3. The lowest BCUT2D eigenvalue weighted by Gasteiger charge is -2.08. The van der Waals surface area contributed by atoms with E-state index in [4.69, 9.17) is 15.6 Å². The summed E-state index contributed by atoms with van der Waals surface area (Å²) in [6.07, 6.45) is -0.0767. The van der Waals surface area contributed by atoms with Crippen molar-refractivity contribution in [3.63, 3.8) is 0 Å². The van der Waals surface area contributed by atoms with Crippen LogP contribution in [0, 0.1) is 0 Å². The molecular formula is C11H11BrN2O5. The van der Waals surface area contributed by atoms with Crippen molar-refractivity contribution in [3.05, 3.63) is 28.2 Å². The fourth-order valence-corrected chi connectivity index (χ4v) is 1.56. The quantitative estimate of drug-likeness (QED) is 0.747. The molecule has 0 atom stereocenters. The zero-order valence-electron chi connectivity index (χ0n) is 9.68. The van der Waals surface area contributed by atoms with Crippen molar-refractivity contribution >= 4 is 33.8 Å². The molecule has 0 spiro atoms. The second kappa shape index (κ2) is 6.74. The highest BCUT2D eigenvalue weighted by atomic mass is 79.9. The van der Waals surface area contributed by atoms with Gasteiger partial charge in [0, 0.05) is 0 Å². The van der Waals surface area contributed by atoms with Crippen molar-refractivity contribution in [3.8, 4) is 5.75 Å². The summed E-state index contributed by atoms with van der Waals surface area (Å²) >= 11 is 3.19. The average molecular weight is 331 g/mol. The number of carbonyl (C=O) groups excluding carboxylic acids is 2. The van der Waals surface area contributed by atoms with Crippen molar-refractivity contribution < 1.29 is 24.2 Å². The summed E-state index contributed by atoms with van der Waals surface area (Å²) in [5.74, 6) is -1.35. The monoisotopic (exact) mass is 330 g/mol. The van der Waals surface area contributed by atoms with E-state index in [1.165, 1.54) is 18.2 Å². The van der Waals surface area contributed by atoms with Gasteiger partial charge in [-0.05, 0) is 34.1 Å². The molecular weight excluding hydrogens is 320 g/mol. The molecule has 0 aliphatic heterocycles. The fraction of sp³-hybridized carbons (Fsp3) is 0.182. The highest BCUT2D eigenvalue weighted by Crippen LogP contribution is 2.26. The van der Waals surface area contributed by atoms with E-state index in [2.05, 4.69) is 15.9 Å². The molecule has 102 valence electrons. The maximum absolute atomic E-state index is 11.1. The minimum absolute atomic E-state index is 0.0131. The third-order valence-electron chi connectivity index (χ3n) is 2.03. The van der Waals surface area contributed by atoms with Gasteiger partial charge in [0.2, 0.25) is 5.91 Å². The lowest BCUT2D eigenvalue weighted by atomic mass is 10.2. The van der Waals surface area contributed by atoms with Crippen molar-refractivity contribution in [1.82, 2.24) is 5.32 Å². The molecule has 0 saturated carbocycles. The van der Waals surface area contributed by atoms with Crippen LogP contribution in [0.2, 0.25) is 0 Å². The number of ether oxygens (including phenoxy) is 1. The molecule has 3 amide bonds. The van der Waals surface area contributed by atoms with Gasteiger partial charge in [-0.15, -0.1) is 0 Å². The van der Waals surface area contributed by atoms with Crippen LogP contribution in [0.4, 0.5) is 4.79 Å². The van der Waals surface area contributed by atoms with E-state index in [1.807, 2.05) is 5.32 Å². The maximum atomic E-state index is 11.1. The minimum atomic E-state index is -1.08. The van der Waals surface area contributed by atoms with Gasteiger partial charge >= 0.3 is 12.0 Å². The number of hydrogen-bond donors (Lipinski definition) is 3. The van der Waals surface area contributed by atoms with Gasteiger partial charge in [0.15, 0.2) is 0 Å². The van der Waals surface area contributed by atoms with Crippen LogP contribution in [-0.4, -0.2) is 29.6 Å². The molecule has 1 aromatic rings. The number of urea groups is 1. The molecule has 0 aromatic heterocycles. The van der Waals surface area contributed by atoms with E-state index in [1.54, 1.807) is 0 Å². The molecule has 1 rings (SSSR count). The molecule has 4 N–H and O–H groups in total. The van der Waals surface area contributed by atoms with Gasteiger partial charge in [0.1, 0.15) is 5.75 Å². The zero-order valence-corrected chi connectivity index (χ0v) is 11.3. The second-order valence-electron chi connectivity index (χ2n) is 3.46. The Morgan fingerprint density at radius 3 is 2.63 bits per heavy atom. The number of carboxylic acids is 1. The third kappa shape index (κ3) is 4.96. The van der Waals surface area contributed by atoms with Gasteiger partial charge in [-0.3, -0.25) is 10.1 Å². The molecule has 1 aromatic carbocycles. The lowest BCUT2D eigenvalue weighted by molar-refractivity contribution is -0.120. The summed E-state index contributed by atoms with van der Waals surface area (Å²) in [6.45, 7) is -0.0131. The van der Waals surface area contributed by atoms with Crippen molar-refractivity contribution in [2.24, 2.45) is 5.73 Å². The topological polar surface area (TPSA) is 119 Å². The van der Waals surface area contributed by atoms with Crippen LogP contribution in [-0.2, 0) is 4.79 Å². The number of aromatic carboxylic acids is 1. The van der Waals surface area contributed by atoms with Crippen LogP contribution < -0.4 is 15.8 Å². The van der Waals surface area contributed by atoms with Crippen molar-refractivity contribution in [2.75, 3.05) is 6.61 Å². The van der Waals surface area contributed by atoms with Crippen molar-refractivity contribution in [2.45, 2.75) is 6.42 Å². The first-order chi connectivity index (χ1) is 8.90. The summed E-state index contributed by atoms with van der Waals surface area (Å²) in [4.78, 5) is 32.3. The molecule has 0 fully saturated rings. The predicted molar refractivity (Wildman–Crippen MR) is 68.9 cm³/mol. The number of imide groups is 1. The molecule has 0 aliphatic carbocycles. The number of primary amides is 1. The van der Waals surface area contributed by atoms with Gasteiger partial charge in [0.05, 0.1) is 23.1 Å². The van der Waals surface area contributed by atoms with E-state index in [9.17, 15) is 14.4 Å². The van der Waals surface area contributed by atoms with E-state index >= 15 is 0 Å². The van der Waals surface area contributed by atoms with Gasteiger partial charge < -0.3 is 15.6 Å². The number of amides is 3. The maximum Gasteiger partial charge on any atom is 0.335 e. The van der Waals surface area contributed by atoms with Gasteiger partial charge in [-0.25, -0.2) is 9.59 Å². The van der Waals surface area contributed by atoms with Crippen LogP contribution in [0.15, 0.2) is 22.7 Å². The highest BCUT2D eigenvalue weighted by Gasteiger charge is 2.09. The fourth-order valence-electron chi connectivity index (χ4n) is 1.20. The minimum Gasteiger partial charge on any atom is -0.492 e. The van der Waals surface area contributed by atoms with E-state index in [0.717, 1.165) is 0 Å². The van der Waals surface area contributed by atoms with E-state index in [-0.39, 0.29) is 18.6 Å². The van der Waals surface area contributed by atoms with Crippen LogP contribution in [0.5, 0.6) is 5.75 Å². The van der Waals surface area contributed by atoms with Crippen LogP contribution >= 0.6 is 15.9 Å². The molecule has 0 bridgehead atoms. The van der Waals surface area contributed by atoms with Crippen LogP contribution in [0.3, 0.4) is 0 Å². The van der Waals surface area contributed by atoms with Crippen molar-refractivity contribution in [1.29, 1.82) is 0 Å². The van der Waals surface area contributed by atoms with E-state index < -0.39 is 17.9 Å². The number of nitrogens with one attached hydrogen (secondary N) is 1.